The van der Waals surface area contributed by atoms with Crippen LogP contribution >= 0.6 is 11.3 Å². The van der Waals surface area contributed by atoms with E-state index in [4.69, 9.17) is 14.4 Å². The number of aromatic nitrogens is 2. The summed E-state index contributed by atoms with van der Waals surface area (Å²) in [6.07, 6.45) is 3.98. The molecule has 0 N–H and O–H groups in total. The average Bonchev–Trinajstić information content (AvgIpc) is 3.90. The van der Waals surface area contributed by atoms with Gasteiger partial charge in [0.15, 0.2) is 11.6 Å². The maximum absolute atomic E-state index is 7.19. The number of hydrogen-bond donors (Lipinski definition) is 0. The molecule has 0 fully saturated rings. The maximum atomic E-state index is 7.19. The first kappa shape index (κ1) is 28.0. The van der Waals surface area contributed by atoms with E-state index in [1.165, 1.54) is 15.8 Å². The van der Waals surface area contributed by atoms with Crippen LogP contribution in [0.4, 0.5) is 0 Å². The Morgan fingerprint density at radius 2 is 1.24 bits per heavy atom. The van der Waals surface area contributed by atoms with Crippen molar-refractivity contribution >= 4 is 37.2 Å². The number of furan rings is 1. The first-order valence-corrected chi connectivity index (χ1v) is 17.2. The van der Waals surface area contributed by atoms with Gasteiger partial charge in [-0.1, -0.05) is 153 Å². The predicted molar refractivity (Wildman–Crippen MR) is 203 cm³/mol. The summed E-state index contributed by atoms with van der Waals surface area (Å²) in [5.74, 6) is 2.05. The minimum atomic E-state index is -0.662. The zero-order valence-corrected chi connectivity index (χ0v) is 27.3. The van der Waals surface area contributed by atoms with Gasteiger partial charge in [0.25, 0.3) is 0 Å². The van der Waals surface area contributed by atoms with Crippen LogP contribution in [0, 0.1) is 0 Å². The molecule has 1 unspecified atom stereocenters. The monoisotopic (exact) mass is 644 g/mol. The Labute approximate surface area is 287 Å². The van der Waals surface area contributed by atoms with Gasteiger partial charge in [0.2, 0.25) is 0 Å². The van der Waals surface area contributed by atoms with Crippen LogP contribution in [-0.4, -0.2) is 9.97 Å². The summed E-state index contributed by atoms with van der Waals surface area (Å²) in [5.41, 5.74) is 11.2. The van der Waals surface area contributed by atoms with Gasteiger partial charge in [-0.15, -0.1) is 11.3 Å². The van der Waals surface area contributed by atoms with Gasteiger partial charge in [-0.25, -0.2) is 9.97 Å². The SMILES string of the molecule is C=CC1=C(C=C)C2(c3ccccc31)c1ccccc1-c1c(-c3nc(-c4ccccc4)c4c(n3)sc3ccccc34)oc(-c3ccccc3)c12. The van der Waals surface area contributed by atoms with Crippen molar-refractivity contribution in [2.45, 2.75) is 5.41 Å². The number of hydrogen-bond acceptors (Lipinski definition) is 4. The molecule has 49 heavy (non-hydrogen) atoms. The van der Waals surface area contributed by atoms with Crippen molar-refractivity contribution in [3.8, 4) is 45.3 Å². The first-order valence-electron chi connectivity index (χ1n) is 16.4. The largest absolute Gasteiger partial charge is 0.452 e. The van der Waals surface area contributed by atoms with Gasteiger partial charge >= 0.3 is 0 Å². The van der Waals surface area contributed by atoms with E-state index in [1.54, 1.807) is 11.3 Å². The Kier molecular flexibility index (Phi) is 5.96. The predicted octanol–water partition coefficient (Wildman–Crippen LogP) is 11.9. The Balaban J connectivity index is 1.37. The number of benzene rings is 5. The molecule has 0 bridgehead atoms. The normalized spacial score (nSPS) is 15.9. The Morgan fingerprint density at radius 3 is 1.98 bits per heavy atom. The van der Waals surface area contributed by atoms with Crippen molar-refractivity contribution in [2.24, 2.45) is 0 Å². The van der Waals surface area contributed by atoms with Crippen LogP contribution < -0.4 is 0 Å². The molecule has 0 amide bonds. The van der Waals surface area contributed by atoms with E-state index in [-0.39, 0.29) is 0 Å². The molecule has 8 aromatic rings. The topological polar surface area (TPSA) is 38.9 Å². The van der Waals surface area contributed by atoms with Crippen molar-refractivity contribution in [3.05, 3.63) is 187 Å². The van der Waals surface area contributed by atoms with E-state index < -0.39 is 5.41 Å². The zero-order valence-electron chi connectivity index (χ0n) is 26.5. The minimum absolute atomic E-state index is 0.572. The summed E-state index contributed by atoms with van der Waals surface area (Å²) in [5, 5.41) is 2.23. The highest BCUT2D eigenvalue weighted by atomic mass is 32.1. The standard InChI is InChI=1S/C45H28N2OS/c1-3-29-30-21-11-14-24-34(30)45(33(29)4-2)35-25-15-12-22-31(35)37-39(45)41(28-19-9-6-10-20-28)48-42(37)43-46-40(27-17-7-5-8-18-27)38-32-23-13-16-26-36(32)49-44(38)47-43/h3-26H,1-2H2. The number of fused-ring (bicyclic) bond motifs is 10. The van der Waals surface area contributed by atoms with Gasteiger partial charge in [-0.2, -0.15) is 0 Å². The molecule has 2 aliphatic rings. The summed E-state index contributed by atoms with van der Waals surface area (Å²) in [6.45, 7) is 8.67. The third-order valence-electron chi connectivity index (χ3n) is 10.1. The Hall–Kier alpha value is -6.10. The number of allylic oxidation sites excluding steroid dienone is 4. The molecule has 4 heteroatoms. The highest BCUT2D eigenvalue weighted by Crippen LogP contribution is 2.66. The number of nitrogens with zero attached hydrogens (tertiary/aromatic N) is 2. The average molecular weight is 645 g/mol. The van der Waals surface area contributed by atoms with Gasteiger partial charge in [0.1, 0.15) is 10.6 Å². The van der Waals surface area contributed by atoms with E-state index in [0.29, 0.717) is 11.6 Å². The second kappa shape index (κ2) is 10.4. The molecule has 3 nitrogen and oxygen atoms in total. The second-order valence-corrected chi connectivity index (χ2v) is 13.5. The number of rotatable bonds is 5. The van der Waals surface area contributed by atoms with Gasteiger partial charge < -0.3 is 4.42 Å². The van der Waals surface area contributed by atoms with Gasteiger partial charge in [-0.05, 0) is 39.5 Å². The molecule has 2 aliphatic carbocycles. The van der Waals surface area contributed by atoms with E-state index in [1.807, 2.05) is 24.3 Å². The quantitative estimate of drug-likeness (QED) is 0.187. The highest BCUT2D eigenvalue weighted by Gasteiger charge is 2.55. The fourth-order valence-electron chi connectivity index (χ4n) is 8.27. The van der Waals surface area contributed by atoms with Crippen LogP contribution in [0.25, 0.3) is 71.2 Å². The van der Waals surface area contributed by atoms with Crippen molar-refractivity contribution in [1.82, 2.24) is 9.97 Å². The highest BCUT2D eigenvalue weighted by molar-refractivity contribution is 7.25. The van der Waals surface area contributed by atoms with Crippen molar-refractivity contribution in [3.63, 3.8) is 0 Å². The van der Waals surface area contributed by atoms with E-state index in [9.17, 15) is 0 Å². The molecule has 3 aromatic heterocycles. The van der Waals surface area contributed by atoms with Crippen LogP contribution in [0.15, 0.2) is 169 Å². The molecule has 5 aromatic carbocycles. The fourth-order valence-corrected chi connectivity index (χ4v) is 9.34. The lowest BCUT2D eigenvalue weighted by atomic mass is 9.69. The summed E-state index contributed by atoms with van der Waals surface area (Å²) in [4.78, 5) is 11.7. The van der Waals surface area contributed by atoms with Crippen LogP contribution in [0.2, 0.25) is 0 Å². The van der Waals surface area contributed by atoms with Gasteiger partial charge in [0, 0.05) is 37.7 Å². The first-order chi connectivity index (χ1) is 24.2. The fraction of sp³-hybridized carbons (Fsp3) is 0.0222. The second-order valence-electron chi connectivity index (χ2n) is 12.5. The van der Waals surface area contributed by atoms with Crippen molar-refractivity contribution < 1.29 is 4.42 Å². The molecular formula is C45H28N2OS. The molecule has 0 radical (unpaired) electrons. The zero-order chi connectivity index (χ0) is 32.7. The molecule has 1 spiro atoms. The van der Waals surface area contributed by atoms with E-state index in [2.05, 4.69) is 134 Å². The third-order valence-corrected chi connectivity index (χ3v) is 11.2. The van der Waals surface area contributed by atoms with Crippen molar-refractivity contribution in [2.75, 3.05) is 0 Å². The van der Waals surface area contributed by atoms with Crippen LogP contribution in [-0.2, 0) is 5.41 Å². The van der Waals surface area contributed by atoms with Gasteiger partial charge in [-0.3, -0.25) is 0 Å². The molecule has 1 atom stereocenters. The van der Waals surface area contributed by atoms with Crippen LogP contribution in [0.3, 0.4) is 0 Å². The molecule has 10 rings (SSSR count). The van der Waals surface area contributed by atoms with Crippen LogP contribution in [0.5, 0.6) is 0 Å². The summed E-state index contributed by atoms with van der Waals surface area (Å²) >= 11 is 1.69. The van der Waals surface area contributed by atoms with Gasteiger partial charge in [0.05, 0.1) is 11.1 Å². The summed E-state index contributed by atoms with van der Waals surface area (Å²) in [6, 6.07) is 46.7. The third kappa shape index (κ3) is 3.67. The lowest BCUT2D eigenvalue weighted by Crippen LogP contribution is -2.27. The molecular weight excluding hydrogens is 617 g/mol. The minimum Gasteiger partial charge on any atom is -0.452 e. The molecule has 0 aliphatic heterocycles. The molecule has 230 valence electrons. The Bertz CT molecular complexity index is 2700. The molecule has 0 saturated heterocycles. The van der Waals surface area contributed by atoms with Crippen molar-refractivity contribution in [1.29, 1.82) is 0 Å². The lowest BCUT2D eigenvalue weighted by Gasteiger charge is -2.31. The van der Waals surface area contributed by atoms with Crippen LogP contribution in [0.1, 0.15) is 22.3 Å². The molecule has 3 heterocycles. The molecule has 0 saturated carbocycles. The maximum Gasteiger partial charge on any atom is 0.198 e. The van der Waals surface area contributed by atoms with E-state index >= 15 is 0 Å². The summed E-state index contributed by atoms with van der Waals surface area (Å²) in [7, 11) is 0. The van der Waals surface area contributed by atoms with E-state index in [0.717, 1.165) is 71.6 Å². The number of thiophene rings is 1. The smallest absolute Gasteiger partial charge is 0.198 e. The Morgan fingerprint density at radius 1 is 0.612 bits per heavy atom. The summed E-state index contributed by atoms with van der Waals surface area (Å²) < 4.78 is 8.37. The lowest BCUT2D eigenvalue weighted by molar-refractivity contribution is 0.583.